The molecule has 0 saturated heterocycles. The summed E-state index contributed by atoms with van der Waals surface area (Å²) in [6.45, 7) is 4.27. The zero-order valence-electron chi connectivity index (χ0n) is 45.2. The predicted octanol–water partition coefficient (Wildman–Crippen LogP) is 20.0. The number of aliphatic hydroxyl groups excluding tert-OH is 2. The lowest BCUT2D eigenvalue weighted by atomic mass is 10.0. The summed E-state index contributed by atoms with van der Waals surface area (Å²) in [5, 5.41) is 23.4. The zero-order chi connectivity index (χ0) is 48.5. The van der Waals surface area contributed by atoms with Gasteiger partial charge in [0.1, 0.15) is 0 Å². The standard InChI is InChI=1S/C63H117NO3/c1-3-5-7-9-11-13-15-17-19-21-23-25-27-28-29-30-31-32-33-34-35-36-37-39-41-43-45-47-49-51-53-55-57-59-63(67)64-61(60-65)62(66)58-56-54-52-50-48-46-44-42-40-38-26-24-22-20-18-16-14-12-10-8-6-4-2/h5,7,11,13,17,19,23,25,28-29,61-62,65-66H,3-4,6,8-10,12,14-16,18,20-22,24,26-27,30-60H2,1-2H3,(H,64,67)/b7-5-,13-11-,19-17-,25-23-,29-28-. The number of carbonyl (C=O) groups excluding carboxylic acids is 1. The summed E-state index contributed by atoms with van der Waals surface area (Å²) in [6.07, 6.45) is 82.2. The fourth-order valence-corrected chi connectivity index (χ4v) is 9.27. The molecule has 0 heterocycles. The Labute approximate surface area is 419 Å². The third kappa shape index (κ3) is 54.9. The summed E-state index contributed by atoms with van der Waals surface area (Å²) in [7, 11) is 0. The first-order valence-corrected chi connectivity index (χ1v) is 30.0. The molecule has 0 rings (SSSR count). The molecule has 392 valence electrons. The van der Waals surface area contributed by atoms with Gasteiger partial charge in [0, 0.05) is 6.42 Å². The maximum atomic E-state index is 12.5. The van der Waals surface area contributed by atoms with Gasteiger partial charge in [0.25, 0.3) is 0 Å². The van der Waals surface area contributed by atoms with Gasteiger partial charge in [-0.05, 0) is 57.8 Å². The molecule has 0 aromatic rings. The predicted molar refractivity (Wildman–Crippen MR) is 299 cm³/mol. The second-order valence-corrected chi connectivity index (χ2v) is 20.4. The number of amides is 1. The van der Waals surface area contributed by atoms with Crippen LogP contribution in [0.3, 0.4) is 0 Å². The summed E-state index contributed by atoms with van der Waals surface area (Å²) in [5.74, 6) is -0.0276. The molecule has 0 aliphatic rings. The maximum absolute atomic E-state index is 12.5. The monoisotopic (exact) mass is 936 g/mol. The molecule has 0 aromatic heterocycles. The highest BCUT2D eigenvalue weighted by molar-refractivity contribution is 5.76. The second-order valence-electron chi connectivity index (χ2n) is 20.4. The molecule has 4 heteroatoms. The third-order valence-corrected chi connectivity index (χ3v) is 13.8. The number of rotatable bonds is 55. The minimum Gasteiger partial charge on any atom is -0.394 e. The largest absolute Gasteiger partial charge is 0.394 e. The van der Waals surface area contributed by atoms with E-state index in [1.807, 2.05) is 0 Å². The van der Waals surface area contributed by atoms with Crippen molar-refractivity contribution in [3.05, 3.63) is 60.8 Å². The van der Waals surface area contributed by atoms with Gasteiger partial charge in [-0.3, -0.25) is 4.79 Å². The number of aliphatic hydroxyl groups is 2. The quantitative estimate of drug-likeness (QED) is 0.0420. The molecule has 0 aliphatic carbocycles. The Bertz CT molecular complexity index is 1110. The maximum Gasteiger partial charge on any atom is 0.220 e. The zero-order valence-corrected chi connectivity index (χ0v) is 45.2. The topological polar surface area (TPSA) is 69.6 Å². The molecule has 0 aliphatic heterocycles. The smallest absolute Gasteiger partial charge is 0.220 e. The van der Waals surface area contributed by atoms with E-state index in [9.17, 15) is 15.0 Å². The molecule has 1 amide bonds. The summed E-state index contributed by atoms with van der Waals surface area (Å²) in [6, 6.07) is -0.538. The van der Waals surface area contributed by atoms with Crippen molar-refractivity contribution in [2.45, 2.75) is 328 Å². The van der Waals surface area contributed by atoms with Gasteiger partial charge in [0.15, 0.2) is 0 Å². The van der Waals surface area contributed by atoms with Gasteiger partial charge in [-0.15, -0.1) is 0 Å². The summed E-state index contributed by atoms with van der Waals surface area (Å²) < 4.78 is 0. The molecule has 0 spiro atoms. The molecular weight excluding hydrogens is 819 g/mol. The molecule has 2 atom stereocenters. The van der Waals surface area contributed by atoms with Gasteiger partial charge >= 0.3 is 0 Å². The number of allylic oxidation sites excluding steroid dienone is 10. The van der Waals surface area contributed by atoms with Gasteiger partial charge in [0.05, 0.1) is 18.8 Å². The Morgan fingerprint density at radius 2 is 0.657 bits per heavy atom. The minimum absolute atomic E-state index is 0.0276. The van der Waals surface area contributed by atoms with Crippen LogP contribution in [-0.2, 0) is 4.79 Å². The highest BCUT2D eigenvalue weighted by atomic mass is 16.3. The molecule has 0 bridgehead atoms. The molecule has 3 N–H and O–H groups in total. The van der Waals surface area contributed by atoms with E-state index in [0.29, 0.717) is 12.8 Å². The van der Waals surface area contributed by atoms with Crippen molar-refractivity contribution in [3.8, 4) is 0 Å². The first-order valence-electron chi connectivity index (χ1n) is 30.0. The van der Waals surface area contributed by atoms with Crippen molar-refractivity contribution in [1.29, 1.82) is 0 Å². The average Bonchev–Trinajstić information content (AvgIpc) is 3.33. The van der Waals surface area contributed by atoms with Crippen molar-refractivity contribution >= 4 is 5.91 Å². The summed E-state index contributed by atoms with van der Waals surface area (Å²) in [5.41, 5.74) is 0. The Morgan fingerprint density at radius 3 is 0.985 bits per heavy atom. The second kappa shape index (κ2) is 58.4. The van der Waals surface area contributed by atoms with Crippen LogP contribution < -0.4 is 5.32 Å². The Morgan fingerprint density at radius 1 is 0.373 bits per heavy atom. The van der Waals surface area contributed by atoms with Crippen LogP contribution in [0.4, 0.5) is 0 Å². The van der Waals surface area contributed by atoms with E-state index in [1.165, 1.54) is 231 Å². The fraction of sp³-hybridized carbons (Fsp3) is 0.825. The minimum atomic E-state index is -0.661. The molecule has 67 heavy (non-hydrogen) atoms. The van der Waals surface area contributed by atoms with Crippen molar-refractivity contribution in [1.82, 2.24) is 5.32 Å². The molecule has 0 aromatic carbocycles. The Balaban J connectivity index is 3.44. The third-order valence-electron chi connectivity index (χ3n) is 13.8. The van der Waals surface area contributed by atoms with Crippen molar-refractivity contribution in [2.75, 3.05) is 6.61 Å². The van der Waals surface area contributed by atoms with Crippen LogP contribution in [0.25, 0.3) is 0 Å². The molecule has 2 unspecified atom stereocenters. The van der Waals surface area contributed by atoms with E-state index in [-0.39, 0.29) is 12.5 Å². The van der Waals surface area contributed by atoms with E-state index in [4.69, 9.17) is 0 Å². The fourth-order valence-electron chi connectivity index (χ4n) is 9.27. The van der Waals surface area contributed by atoms with Crippen LogP contribution in [0.5, 0.6) is 0 Å². The van der Waals surface area contributed by atoms with E-state index < -0.39 is 12.1 Å². The molecule has 0 saturated carbocycles. The molecule has 4 nitrogen and oxygen atoms in total. The normalized spacial score (nSPS) is 13.2. The van der Waals surface area contributed by atoms with Crippen LogP contribution in [0.15, 0.2) is 60.8 Å². The van der Waals surface area contributed by atoms with E-state index in [0.717, 1.165) is 57.8 Å². The Hall–Kier alpha value is -1.91. The highest BCUT2D eigenvalue weighted by Gasteiger charge is 2.20. The van der Waals surface area contributed by atoms with Gasteiger partial charge in [0.2, 0.25) is 5.91 Å². The number of unbranched alkanes of at least 4 members (excludes halogenated alkanes) is 38. The van der Waals surface area contributed by atoms with Crippen LogP contribution in [-0.4, -0.2) is 34.9 Å². The van der Waals surface area contributed by atoms with E-state index in [1.54, 1.807) is 0 Å². The molecular formula is C63H117NO3. The van der Waals surface area contributed by atoms with E-state index in [2.05, 4.69) is 79.9 Å². The lowest BCUT2D eigenvalue weighted by Crippen LogP contribution is -2.45. The van der Waals surface area contributed by atoms with Crippen molar-refractivity contribution < 1.29 is 15.0 Å². The lowest BCUT2D eigenvalue weighted by molar-refractivity contribution is -0.123. The molecule has 0 radical (unpaired) electrons. The number of carbonyl (C=O) groups is 1. The van der Waals surface area contributed by atoms with Crippen LogP contribution in [0.1, 0.15) is 316 Å². The summed E-state index contributed by atoms with van der Waals surface area (Å²) >= 11 is 0. The van der Waals surface area contributed by atoms with Crippen LogP contribution in [0.2, 0.25) is 0 Å². The van der Waals surface area contributed by atoms with Crippen molar-refractivity contribution in [2.24, 2.45) is 0 Å². The van der Waals surface area contributed by atoms with Gasteiger partial charge in [-0.2, -0.15) is 0 Å². The first-order chi connectivity index (χ1) is 33.2. The Kier molecular flexibility index (Phi) is 56.7. The average molecular weight is 937 g/mol. The highest BCUT2D eigenvalue weighted by Crippen LogP contribution is 2.18. The van der Waals surface area contributed by atoms with Crippen LogP contribution in [0, 0.1) is 0 Å². The number of hydrogen-bond donors (Lipinski definition) is 3. The first kappa shape index (κ1) is 65.1. The van der Waals surface area contributed by atoms with Gasteiger partial charge < -0.3 is 15.5 Å². The van der Waals surface area contributed by atoms with Gasteiger partial charge in [-0.25, -0.2) is 0 Å². The van der Waals surface area contributed by atoms with Gasteiger partial charge in [-0.1, -0.05) is 312 Å². The molecule has 0 fully saturated rings. The van der Waals surface area contributed by atoms with Crippen LogP contribution >= 0.6 is 0 Å². The number of hydrogen-bond acceptors (Lipinski definition) is 3. The summed E-state index contributed by atoms with van der Waals surface area (Å²) in [4.78, 5) is 12.5. The van der Waals surface area contributed by atoms with E-state index >= 15 is 0 Å². The SMILES string of the molecule is CC/C=C\C/C=C\C/C=C\C/C=C\C/C=C\CCCCCCCCCCCCCCCCCCCC(=O)NC(CO)C(O)CCCCCCCCCCCCCCCCCCCCCCCC. The lowest BCUT2D eigenvalue weighted by Gasteiger charge is -2.22. The van der Waals surface area contributed by atoms with Crippen molar-refractivity contribution in [3.63, 3.8) is 0 Å². The number of nitrogens with one attached hydrogen (secondary N) is 1.